The van der Waals surface area contributed by atoms with Crippen molar-refractivity contribution in [1.82, 2.24) is 10.6 Å². The summed E-state index contributed by atoms with van der Waals surface area (Å²) >= 11 is 0. The molecule has 2 unspecified atom stereocenters. The highest BCUT2D eigenvalue weighted by Crippen LogP contribution is 2.29. The van der Waals surface area contributed by atoms with Crippen LogP contribution in [0.15, 0.2) is 30.3 Å². The number of alkyl carbamates (subject to hydrolysis) is 1. The number of carbonyl (C=O) groups is 2. The predicted octanol–water partition coefficient (Wildman–Crippen LogP) is 3.60. The molecule has 1 aliphatic carbocycles. The molecule has 6 N–H and O–H groups in total. The normalized spacial score (nSPS) is 18.8. The van der Waals surface area contributed by atoms with Gasteiger partial charge in [-0.3, -0.25) is 4.79 Å². The number of amides is 2. The maximum absolute atomic E-state index is 12.8. The molecule has 0 saturated heterocycles. The van der Waals surface area contributed by atoms with Crippen LogP contribution in [0.3, 0.4) is 0 Å². The van der Waals surface area contributed by atoms with Gasteiger partial charge in [0.15, 0.2) is 6.23 Å². The van der Waals surface area contributed by atoms with Crippen molar-refractivity contribution in [1.29, 1.82) is 0 Å². The highest BCUT2D eigenvalue weighted by molar-refractivity contribution is 5.81. The molecular weight excluding hydrogens is 486 g/mol. The Morgan fingerprint density at radius 3 is 2.24 bits per heavy atom. The number of hydrogen-bond acceptors (Lipinski definition) is 7. The number of aliphatic hydroxyl groups excluding tert-OH is 2. The summed E-state index contributed by atoms with van der Waals surface area (Å²) in [5.41, 5.74) is 6.19. The fraction of sp³-hybridized carbons (Fsp3) is 0.724. The van der Waals surface area contributed by atoms with Crippen molar-refractivity contribution < 1.29 is 29.3 Å². The van der Waals surface area contributed by atoms with E-state index in [1.54, 1.807) is 20.8 Å². The molecule has 0 radical (unpaired) electrons. The minimum Gasteiger partial charge on any atom is -0.444 e. The topological polar surface area (TPSA) is 143 Å². The Hall–Kier alpha value is -2.20. The van der Waals surface area contributed by atoms with E-state index in [1.165, 1.54) is 6.42 Å². The molecule has 0 aliphatic heterocycles. The summed E-state index contributed by atoms with van der Waals surface area (Å²) < 4.78 is 11.3. The van der Waals surface area contributed by atoms with Crippen LogP contribution in [-0.4, -0.2) is 58.3 Å². The summed E-state index contributed by atoms with van der Waals surface area (Å²) in [5, 5.41) is 28.1. The summed E-state index contributed by atoms with van der Waals surface area (Å²) in [7, 11) is 0. The number of rotatable bonds is 13. The molecule has 2 amide bonds. The van der Waals surface area contributed by atoms with Crippen molar-refractivity contribution in [3.63, 3.8) is 0 Å². The average molecular weight is 536 g/mol. The Morgan fingerprint density at radius 1 is 1.03 bits per heavy atom. The first kappa shape index (κ1) is 32.0. The zero-order chi connectivity index (χ0) is 28.3. The van der Waals surface area contributed by atoms with Crippen LogP contribution >= 0.6 is 0 Å². The molecule has 0 aromatic heterocycles. The molecule has 38 heavy (non-hydrogen) atoms. The number of nitrogens with two attached hydrogens (primary N) is 1. The fourth-order valence-electron chi connectivity index (χ4n) is 4.79. The number of ether oxygens (including phenoxy) is 2. The molecule has 0 bridgehead atoms. The van der Waals surface area contributed by atoms with Crippen LogP contribution in [0, 0.1) is 11.8 Å². The van der Waals surface area contributed by atoms with Crippen molar-refractivity contribution in [2.45, 2.75) is 122 Å². The van der Waals surface area contributed by atoms with Gasteiger partial charge < -0.3 is 36.1 Å². The predicted molar refractivity (Wildman–Crippen MR) is 147 cm³/mol. The van der Waals surface area contributed by atoms with Gasteiger partial charge >= 0.3 is 6.09 Å². The van der Waals surface area contributed by atoms with Gasteiger partial charge in [-0.2, -0.15) is 0 Å². The minimum absolute atomic E-state index is 0.0990. The fourth-order valence-corrected chi connectivity index (χ4v) is 4.79. The van der Waals surface area contributed by atoms with Gasteiger partial charge in [-0.1, -0.05) is 76.3 Å². The van der Waals surface area contributed by atoms with Gasteiger partial charge in [-0.05, 0) is 51.0 Å². The first-order valence-electron chi connectivity index (χ1n) is 13.9. The van der Waals surface area contributed by atoms with Crippen LogP contribution < -0.4 is 16.4 Å². The van der Waals surface area contributed by atoms with Gasteiger partial charge in [0.05, 0.1) is 18.7 Å². The van der Waals surface area contributed by atoms with Crippen LogP contribution in [0.4, 0.5) is 4.79 Å². The van der Waals surface area contributed by atoms with Crippen LogP contribution in [-0.2, 0) is 20.9 Å². The third-order valence-electron chi connectivity index (χ3n) is 6.71. The summed E-state index contributed by atoms with van der Waals surface area (Å²) in [6.07, 6.45) is 1.40. The Balaban J connectivity index is 2.21. The highest BCUT2D eigenvalue weighted by atomic mass is 16.6. The highest BCUT2D eigenvalue weighted by Gasteiger charge is 2.37. The molecule has 9 nitrogen and oxygen atoms in total. The van der Waals surface area contributed by atoms with E-state index in [9.17, 15) is 19.8 Å². The van der Waals surface area contributed by atoms with E-state index in [2.05, 4.69) is 10.6 Å². The van der Waals surface area contributed by atoms with E-state index in [0.29, 0.717) is 18.8 Å². The molecule has 5 atom stereocenters. The lowest BCUT2D eigenvalue weighted by Crippen LogP contribution is -2.59. The first-order chi connectivity index (χ1) is 17.9. The number of carbonyl (C=O) groups excluding carboxylic acids is 2. The van der Waals surface area contributed by atoms with Crippen LogP contribution in [0.2, 0.25) is 0 Å². The second kappa shape index (κ2) is 15.4. The first-order valence-corrected chi connectivity index (χ1v) is 13.9. The van der Waals surface area contributed by atoms with Gasteiger partial charge in [-0.15, -0.1) is 0 Å². The van der Waals surface area contributed by atoms with Gasteiger partial charge in [0.2, 0.25) is 5.91 Å². The Bertz CT molecular complexity index is 838. The number of hydrogen-bond donors (Lipinski definition) is 5. The standard InChI is InChI=1S/C29H49N3O6/c1-19(2)16-22(30)26(35)32-27(37-18-21-14-10-7-11-15-21)25(34)24(33)23(17-20-12-8-6-9-13-20)31-28(36)38-29(3,4)5/h7,10-11,14-15,19-20,22-25,27,33-34H,6,8-9,12-13,16-18,30H2,1-5H3,(H,31,36)(H,32,35)/t22?,23-,24+,25-,27?/m0/s1. The second-order valence-corrected chi connectivity index (χ2v) is 11.9. The molecule has 1 aromatic carbocycles. The molecule has 9 heteroatoms. The molecule has 1 aromatic rings. The van der Waals surface area contributed by atoms with E-state index in [1.807, 2.05) is 44.2 Å². The Morgan fingerprint density at radius 2 is 1.66 bits per heavy atom. The van der Waals surface area contributed by atoms with Crippen LogP contribution in [0.1, 0.15) is 85.1 Å². The summed E-state index contributed by atoms with van der Waals surface area (Å²) in [6, 6.07) is 7.74. The van der Waals surface area contributed by atoms with Crippen molar-refractivity contribution in [2.75, 3.05) is 0 Å². The molecule has 216 valence electrons. The van der Waals surface area contributed by atoms with Crippen molar-refractivity contribution in [2.24, 2.45) is 17.6 Å². The quantitative estimate of drug-likeness (QED) is 0.243. The lowest BCUT2D eigenvalue weighted by molar-refractivity contribution is -0.143. The molecular formula is C29H49N3O6. The van der Waals surface area contributed by atoms with E-state index in [4.69, 9.17) is 15.2 Å². The SMILES string of the molecule is CC(C)CC(N)C(=O)NC(OCc1ccccc1)[C@@H](O)[C@H](O)[C@H](CC1CCCCC1)NC(=O)OC(C)(C)C. The smallest absolute Gasteiger partial charge is 0.407 e. The van der Waals surface area contributed by atoms with E-state index >= 15 is 0 Å². The Labute approximate surface area is 227 Å². The lowest BCUT2D eigenvalue weighted by Gasteiger charge is -2.35. The lowest BCUT2D eigenvalue weighted by atomic mass is 9.83. The molecule has 2 rings (SSSR count). The number of benzene rings is 1. The van der Waals surface area contributed by atoms with Crippen molar-refractivity contribution in [3.05, 3.63) is 35.9 Å². The molecule has 1 fully saturated rings. The van der Waals surface area contributed by atoms with E-state index in [0.717, 1.165) is 31.2 Å². The maximum Gasteiger partial charge on any atom is 0.407 e. The Kier molecular flexibility index (Phi) is 13.0. The average Bonchev–Trinajstić information content (AvgIpc) is 2.84. The largest absolute Gasteiger partial charge is 0.444 e. The summed E-state index contributed by atoms with van der Waals surface area (Å²) in [6.45, 7) is 9.31. The second-order valence-electron chi connectivity index (χ2n) is 11.9. The molecule has 0 spiro atoms. The van der Waals surface area contributed by atoms with E-state index < -0.39 is 48.1 Å². The van der Waals surface area contributed by atoms with Gasteiger partial charge in [0.25, 0.3) is 0 Å². The number of aliphatic hydroxyl groups is 2. The van der Waals surface area contributed by atoms with Gasteiger partial charge in [0.1, 0.15) is 17.8 Å². The van der Waals surface area contributed by atoms with Gasteiger partial charge in [-0.25, -0.2) is 4.79 Å². The third kappa shape index (κ3) is 11.7. The minimum atomic E-state index is -1.53. The summed E-state index contributed by atoms with van der Waals surface area (Å²) in [4.78, 5) is 25.5. The third-order valence-corrected chi connectivity index (χ3v) is 6.71. The molecule has 1 aliphatic rings. The van der Waals surface area contributed by atoms with Crippen molar-refractivity contribution >= 4 is 12.0 Å². The monoisotopic (exact) mass is 535 g/mol. The molecule has 0 heterocycles. The molecule has 1 saturated carbocycles. The van der Waals surface area contributed by atoms with Crippen LogP contribution in [0.5, 0.6) is 0 Å². The zero-order valence-electron chi connectivity index (χ0n) is 23.7. The van der Waals surface area contributed by atoms with E-state index in [-0.39, 0.29) is 12.5 Å². The van der Waals surface area contributed by atoms with Crippen LogP contribution in [0.25, 0.3) is 0 Å². The van der Waals surface area contributed by atoms with Gasteiger partial charge in [0, 0.05) is 0 Å². The number of nitrogens with one attached hydrogen (secondary N) is 2. The maximum atomic E-state index is 12.8. The van der Waals surface area contributed by atoms with Crippen molar-refractivity contribution in [3.8, 4) is 0 Å². The zero-order valence-corrected chi connectivity index (χ0v) is 23.7. The summed E-state index contributed by atoms with van der Waals surface area (Å²) in [5.74, 6) is 0.0167.